The summed E-state index contributed by atoms with van der Waals surface area (Å²) >= 11 is 0. The minimum Gasteiger partial charge on any atom is -0.370 e. The molecule has 0 saturated carbocycles. The summed E-state index contributed by atoms with van der Waals surface area (Å²) in [6.07, 6.45) is 3.02. The summed E-state index contributed by atoms with van der Waals surface area (Å²) in [5, 5.41) is 2.58. The van der Waals surface area contributed by atoms with Gasteiger partial charge in [-0.3, -0.25) is 9.59 Å². The second-order valence-corrected chi connectivity index (χ2v) is 8.87. The monoisotopic (exact) mass is 415 g/mol. The van der Waals surface area contributed by atoms with Crippen molar-refractivity contribution in [3.8, 4) is 0 Å². The van der Waals surface area contributed by atoms with Crippen LogP contribution in [-0.4, -0.2) is 32.8 Å². The number of primary amides is 1. The molecule has 0 aromatic heterocycles. The number of hydrogen-bond donors (Lipinski definition) is 3. The molecule has 154 valence electrons. The molecule has 4 N–H and O–H groups in total. The zero-order valence-electron chi connectivity index (χ0n) is 16.1. The van der Waals surface area contributed by atoms with Crippen molar-refractivity contribution in [3.63, 3.8) is 0 Å². The first kappa shape index (κ1) is 21.0. The van der Waals surface area contributed by atoms with Crippen LogP contribution in [0.25, 0.3) is 0 Å². The Bertz CT molecular complexity index is 990. The Morgan fingerprint density at radius 1 is 1.03 bits per heavy atom. The zero-order valence-corrected chi connectivity index (χ0v) is 16.9. The maximum atomic E-state index is 13.0. The molecule has 2 aromatic rings. The molecule has 2 amide bonds. The Labute approximate surface area is 170 Å². The normalized spacial score (nSPS) is 14.2. The van der Waals surface area contributed by atoms with E-state index in [4.69, 9.17) is 5.73 Å². The predicted octanol–water partition coefficient (Wildman–Crippen LogP) is 1.06. The summed E-state index contributed by atoms with van der Waals surface area (Å²) in [5.41, 5.74) is 8.13. The van der Waals surface area contributed by atoms with E-state index < -0.39 is 27.9 Å². The van der Waals surface area contributed by atoms with Crippen molar-refractivity contribution in [1.82, 2.24) is 10.0 Å². The van der Waals surface area contributed by atoms with Gasteiger partial charge in [0, 0.05) is 13.0 Å². The highest BCUT2D eigenvalue weighted by molar-refractivity contribution is 7.89. The average Bonchev–Trinajstić information content (AvgIpc) is 3.15. The van der Waals surface area contributed by atoms with Crippen molar-refractivity contribution < 1.29 is 18.0 Å². The molecule has 0 spiro atoms. The maximum absolute atomic E-state index is 13.0. The quantitative estimate of drug-likeness (QED) is 0.567. The smallest absolute Gasteiger partial charge is 0.241 e. The zero-order chi connectivity index (χ0) is 20.9. The van der Waals surface area contributed by atoms with Gasteiger partial charge in [0.05, 0.1) is 4.90 Å². The number of nitrogens with one attached hydrogen (secondary N) is 2. The van der Waals surface area contributed by atoms with Gasteiger partial charge in [-0.05, 0) is 54.5 Å². The number of rotatable bonds is 9. The standard InChI is InChI=1S/C21H25N3O4S/c22-20(25)11-12-23-21(26)19(13-15-5-2-1-3-6-15)24-29(27,28)18-10-9-16-7-4-8-17(16)14-18/h1-3,5-6,9-10,14,19,24H,4,7-8,11-13H2,(H2,22,25)(H,23,26)/t19-/m1/s1. The summed E-state index contributed by atoms with van der Waals surface area (Å²) in [4.78, 5) is 23.7. The number of sulfonamides is 1. The van der Waals surface area contributed by atoms with Crippen LogP contribution < -0.4 is 15.8 Å². The minimum atomic E-state index is -3.89. The van der Waals surface area contributed by atoms with E-state index in [0.717, 1.165) is 30.4 Å². The number of nitrogens with two attached hydrogens (primary N) is 1. The van der Waals surface area contributed by atoms with Crippen LogP contribution in [0.1, 0.15) is 29.5 Å². The Hall–Kier alpha value is -2.71. The summed E-state index contributed by atoms with van der Waals surface area (Å²) < 4.78 is 28.4. The van der Waals surface area contributed by atoms with Gasteiger partial charge in [0.1, 0.15) is 6.04 Å². The molecular formula is C21H25N3O4S. The average molecular weight is 416 g/mol. The molecule has 0 unspecified atom stereocenters. The van der Waals surface area contributed by atoms with Crippen LogP contribution in [-0.2, 0) is 38.9 Å². The van der Waals surface area contributed by atoms with Crippen LogP contribution in [0.3, 0.4) is 0 Å². The summed E-state index contributed by atoms with van der Waals surface area (Å²) in [6.45, 7) is 0.0556. The first-order valence-electron chi connectivity index (χ1n) is 9.59. The number of aryl methyl sites for hydroxylation is 2. The molecule has 0 saturated heterocycles. The third kappa shape index (κ3) is 5.65. The lowest BCUT2D eigenvalue weighted by Gasteiger charge is -2.19. The van der Waals surface area contributed by atoms with Crippen LogP contribution in [0.15, 0.2) is 53.4 Å². The molecule has 1 aliphatic rings. The van der Waals surface area contributed by atoms with E-state index in [1.54, 1.807) is 12.1 Å². The van der Waals surface area contributed by atoms with Crippen molar-refractivity contribution >= 4 is 21.8 Å². The lowest BCUT2D eigenvalue weighted by molar-refractivity contribution is -0.123. The van der Waals surface area contributed by atoms with Gasteiger partial charge >= 0.3 is 0 Å². The molecule has 0 aliphatic heterocycles. The highest BCUT2D eigenvalue weighted by atomic mass is 32.2. The molecule has 29 heavy (non-hydrogen) atoms. The third-order valence-electron chi connectivity index (χ3n) is 4.95. The van der Waals surface area contributed by atoms with Crippen molar-refractivity contribution in [3.05, 3.63) is 65.2 Å². The lowest BCUT2D eigenvalue weighted by atomic mass is 10.1. The highest BCUT2D eigenvalue weighted by Gasteiger charge is 2.27. The number of amides is 2. The van der Waals surface area contributed by atoms with Crippen LogP contribution in [0.4, 0.5) is 0 Å². The topological polar surface area (TPSA) is 118 Å². The van der Waals surface area contributed by atoms with E-state index in [2.05, 4.69) is 10.0 Å². The summed E-state index contributed by atoms with van der Waals surface area (Å²) in [6, 6.07) is 13.3. The van der Waals surface area contributed by atoms with Crippen molar-refractivity contribution in [1.29, 1.82) is 0 Å². The van der Waals surface area contributed by atoms with Crippen molar-refractivity contribution in [2.24, 2.45) is 5.73 Å². The third-order valence-corrected chi connectivity index (χ3v) is 6.42. The second kappa shape index (κ2) is 9.19. The Morgan fingerprint density at radius 2 is 1.76 bits per heavy atom. The Morgan fingerprint density at radius 3 is 2.48 bits per heavy atom. The van der Waals surface area contributed by atoms with E-state index >= 15 is 0 Å². The predicted molar refractivity (Wildman–Crippen MR) is 110 cm³/mol. The maximum Gasteiger partial charge on any atom is 0.241 e. The molecule has 0 bridgehead atoms. The van der Waals surface area contributed by atoms with Crippen LogP contribution in [0, 0.1) is 0 Å². The van der Waals surface area contributed by atoms with Crippen molar-refractivity contribution in [2.75, 3.05) is 6.54 Å². The number of benzene rings is 2. The van der Waals surface area contributed by atoms with Gasteiger partial charge in [0.2, 0.25) is 21.8 Å². The number of carbonyl (C=O) groups excluding carboxylic acids is 2. The van der Waals surface area contributed by atoms with Gasteiger partial charge in [-0.2, -0.15) is 4.72 Å². The Kier molecular flexibility index (Phi) is 6.66. The number of carbonyl (C=O) groups is 2. The molecule has 0 heterocycles. The first-order valence-corrected chi connectivity index (χ1v) is 11.1. The lowest BCUT2D eigenvalue weighted by Crippen LogP contribution is -2.48. The number of hydrogen-bond acceptors (Lipinski definition) is 4. The van der Waals surface area contributed by atoms with Gasteiger partial charge in [-0.15, -0.1) is 0 Å². The molecule has 7 nitrogen and oxygen atoms in total. The second-order valence-electron chi connectivity index (χ2n) is 7.16. The fourth-order valence-electron chi connectivity index (χ4n) is 3.44. The van der Waals surface area contributed by atoms with Gasteiger partial charge in [-0.1, -0.05) is 36.4 Å². The minimum absolute atomic E-state index is 0.0125. The van der Waals surface area contributed by atoms with E-state index in [9.17, 15) is 18.0 Å². The summed E-state index contributed by atoms with van der Waals surface area (Å²) in [7, 11) is -3.89. The van der Waals surface area contributed by atoms with Crippen LogP contribution in [0.5, 0.6) is 0 Å². The highest BCUT2D eigenvalue weighted by Crippen LogP contribution is 2.24. The number of fused-ring (bicyclic) bond motifs is 1. The van der Waals surface area contributed by atoms with Gasteiger partial charge < -0.3 is 11.1 Å². The largest absolute Gasteiger partial charge is 0.370 e. The Balaban J connectivity index is 1.79. The fraction of sp³-hybridized carbons (Fsp3) is 0.333. The molecule has 3 rings (SSSR count). The fourth-order valence-corrected chi connectivity index (χ4v) is 4.69. The van der Waals surface area contributed by atoms with Gasteiger partial charge in [0.25, 0.3) is 0 Å². The van der Waals surface area contributed by atoms with E-state index in [0.29, 0.717) is 0 Å². The van der Waals surface area contributed by atoms with Gasteiger partial charge in [-0.25, -0.2) is 8.42 Å². The molecule has 1 atom stereocenters. The molecule has 1 aliphatic carbocycles. The first-order chi connectivity index (χ1) is 13.8. The molecule has 2 aromatic carbocycles. The molecule has 0 fully saturated rings. The molecule has 8 heteroatoms. The SMILES string of the molecule is NC(=O)CCNC(=O)[C@@H](Cc1ccccc1)NS(=O)(=O)c1ccc2c(c1)CCC2. The van der Waals surface area contributed by atoms with E-state index in [-0.39, 0.29) is 24.3 Å². The molecule has 0 radical (unpaired) electrons. The van der Waals surface area contributed by atoms with Gasteiger partial charge in [0.15, 0.2) is 0 Å². The van der Waals surface area contributed by atoms with E-state index in [1.165, 1.54) is 5.56 Å². The van der Waals surface area contributed by atoms with E-state index in [1.807, 2.05) is 36.4 Å². The summed E-state index contributed by atoms with van der Waals surface area (Å²) in [5.74, 6) is -1.04. The van der Waals surface area contributed by atoms with Crippen LogP contribution in [0.2, 0.25) is 0 Å². The molecular weight excluding hydrogens is 390 g/mol. The van der Waals surface area contributed by atoms with Crippen LogP contribution >= 0.6 is 0 Å². The van der Waals surface area contributed by atoms with Crippen molar-refractivity contribution in [2.45, 2.75) is 43.0 Å².